The minimum absolute atomic E-state index is 0.0454. The van der Waals surface area contributed by atoms with E-state index in [2.05, 4.69) is 9.97 Å². The molecule has 4 nitrogen and oxygen atoms in total. The Balaban J connectivity index is 2.28. The quantitative estimate of drug-likeness (QED) is 0.665. The van der Waals surface area contributed by atoms with Crippen molar-refractivity contribution < 1.29 is 0 Å². The molecular formula is C12H9N3O. The van der Waals surface area contributed by atoms with E-state index >= 15 is 0 Å². The lowest BCUT2D eigenvalue weighted by molar-refractivity contribution is 1.11. The van der Waals surface area contributed by atoms with Crippen LogP contribution in [0.3, 0.4) is 0 Å². The highest BCUT2D eigenvalue weighted by Gasteiger charge is 2.03. The molecular weight excluding hydrogens is 202 g/mol. The van der Waals surface area contributed by atoms with Crippen LogP contribution in [-0.4, -0.2) is 14.4 Å². The van der Waals surface area contributed by atoms with E-state index in [1.54, 1.807) is 22.9 Å². The number of pyridine rings is 2. The summed E-state index contributed by atoms with van der Waals surface area (Å²) in [5.74, 6) is 0. The van der Waals surface area contributed by atoms with Gasteiger partial charge in [0.2, 0.25) is 0 Å². The van der Waals surface area contributed by atoms with E-state index in [9.17, 15) is 4.79 Å². The molecule has 0 fully saturated rings. The summed E-state index contributed by atoms with van der Waals surface area (Å²) in [6.07, 6.45) is 3.49. The molecule has 0 amide bonds. The summed E-state index contributed by atoms with van der Waals surface area (Å²) >= 11 is 0. The number of rotatable bonds is 1. The van der Waals surface area contributed by atoms with E-state index in [1.165, 1.54) is 6.07 Å². The second-order valence-corrected chi connectivity index (χ2v) is 3.50. The van der Waals surface area contributed by atoms with Crippen LogP contribution in [0.2, 0.25) is 0 Å². The van der Waals surface area contributed by atoms with Gasteiger partial charge in [0.05, 0.1) is 11.4 Å². The van der Waals surface area contributed by atoms with Gasteiger partial charge in [0.15, 0.2) is 0 Å². The number of hydrogen-bond donors (Lipinski definition) is 1. The Morgan fingerprint density at radius 2 is 2.06 bits per heavy atom. The summed E-state index contributed by atoms with van der Waals surface area (Å²) in [4.78, 5) is 18.9. The lowest BCUT2D eigenvalue weighted by Gasteiger charge is -1.92. The first-order chi connectivity index (χ1) is 7.84. The van der Waals surface area contributed by atoms with Crippen molar-refractivity contribution in [2.24, 2.45) is 0 Å². The molecule has 0 unspecified atom stereocenters. The first kappa shape index (κ1) is 8.91. The SMILES string of the molecule is O=c1cccc2[nH]c(-c3ccccn3)cn12. The van der Waals surface area contributed by atoms with Gasteiger partial charge in [-0.05, 0) is 18.2 Å². The summed E-state index contributed by atoms with van der Waals surface area (Å²) in [7, 11) is 0. The number of nitrogens with zero attached hydrogens (tertiary/aromatic N) is 2. The second-order valence-electron chi connectivity index (χ2n) is 3.50. The predicted octanol–water partition coefficient (Wildman–Crippen LogP) is 1.69. The fourth-order valence-electron chi connectivity index (χ4n) is 1.69. The third-order valence-corrected chi connectivity index (χ3v) is 2.45. The molecule has 0 saturated carbocycles. The minimum Gasteiger partial charge on any atom is -0.338 e. The number of fused-ring (bicyclic) bond motifs is 1. The third-order valence-electron chi connectivity index (χ3n) is 2.45. The Morgan fingerprint density at radius 1 is 1.12 bits per heavy atom. The number of aromatic amines is 1. The third kappa shape index (κ3) is 1.32. The van der Waals surface area contributed by atoms with E-state index in [0.29, 0.717) is 0 Å². The number of aromatic nitrogens is 3. The van der Waals surface area contributed by atoms with E-state index < -0.39 is 0 Å². The maximum absolute atomic E-state index is 11.5. The van der Waals surface area contributed by atoms with Gasteiger partial charge in [0.25, 0.3) is 5.56 Å². The van der Waals surface area contributed by atoms with Gasteiger partial charge in [0, 0.05) is 18.5 Å². The van der Waals surface area contributed by atoms with Crippen LogP contribution in [0.15, 0.2) is 53.6 Å². The summed E-state index contributed by atoms with van der Waals surface area (Å²) in [6.45, 7) is 0. The average molecular weight is 211 g/mol. The molecule has 3 heterocycles. The van der Waals surface area contributed by atoms with Crippen LogP contribution >= 0.6 is 0 Å². The average Bonchev–Trinajstić information content (AvgIpc) is 2.76. The van der Waals surface area contributed by atoms with Crippen molar-refractivity contribution in [3.8, 4) is 11.4 Å². The van der Waals surface area contributed by atoms with Gasteiger partial charge in [-0.2, -0.15) is 0 Å². The Kier molecular flexibility index (Phi) is 1.86. The minimum atomic E-state index is -0.0454. The Labute approximate surface area is 91.2 Å². The summed E-state index contributed by atoms with van der Waals surface area (Å²) in [5, 5.41) is 0. The zero-order valence-corrected chi connectivity index (χ0v) is 8.42. The molecule has 0 saturated heterocycles. The van der Waals surface area contributed by atoms with Crippen molar-refractivity contribution >= 4 is 5.65 Å². The van der Waals surface area contributed by atoms with Crippen molar-refractivity contribution in [3.63, 3.8) is 0 Å². The van der Waals surface area contributed by atoms with Gasteiger partial charge in [-0.15, -0.1) is 0 Å². The van der Waals surface area contributed by atoms with Crippen LogP contribution in [0.5, 0.6) is 0 Å². The molecule has 0 aliphatic carbocycles. The molecule has 3 rings (SSSR count). The van der Waals surface area contributed by atoms with Crippen molar-refractivity contribution in [1.29, 1.82) is 0 Å². The number of hydrogen-bond acceptors (Lipinski definition) is 2. The molecule has 3 aromatic heterocycles. The topological polar surface area (TPSA) is 50.2 Å². The molecule has 1 N–H and O–H groups in total. The van der Waals surface area contributed by atoms with E-state index in [0.717, 1.165) is 17.0 Å². The van der Waals surface area contributed by atoms with Crippen molar-refractivity contribution in [2.75, 3.05) is 0 Å². The lowest BCUT2D eigenvalue weighted by atomic mass is 10.3. The lowest BCUT2D eigenvalue weighted by Crippen LogP contribution is -2.08. The molecule has 3 aromatic rings. The fourth-order valence-corrected chi connectivity index (χ4v) is 1.69. The normalized spacial score (nSPS) is 10.8. The van der Waals surface area contributed by atoms with Gasteiger partial charge < -0.3 is 4.98 Å². The number of imidazole rings is 1. The maximum atomic E-state index is 11.5. The highest BCUT2D eigenvalue weighted by atomic mass is 16.1. The Hall–Kier alpha value is -2.36. The zero-order chi connectivity index (χ0) is 11.0. The van der Waals surface area contributed by atoms with Gasteiger partial charge in [0.1, 0.15) is 5.65 Å². The predicted molar refractivity (Wildman–Crippen MR) is 61.2 cm³/mol. The molecule has 0 radical (unpaired) electrons. The highest BCUT2D eigenvalue weighted by Crippen LogP contribution is 2.14. The van der Waals surface area contributed by atoms with Crippen LogP contribution in [-0.2, 0) is 0 Å². The number of H-pyrrole nitrogens is 1. The molecule has 0 aliphatic heterocycles. The fraction of sp³-hybridized carbons (Fsp3) is 0. The highest BCUT2D eigenvalue weighted by molar-refractivity contribution is 5.58. The molecule has 0 aliphatic rings. The van der Waals surface area contributed by atoms with Crippen molar-refractivity contribution in [1.82, 2.24) is 14.4 Å². The molecule has 78 valence electrons. The van der Waals surface area contributed by atoms with Crippen LogP contribution < -0.4 is 5.56 Å². The zero-order valence-electron chi connectivity index (χ0n) is 8.42. The van der Waals surface area contributed by atoms with E-state index in [1.807, 2.05) is 24.3 Å². The standard InChI is InChI=1S/C12H9N3O/c16-12-6-3-5-11-14-10(8-15(11)12)9-4-1-2-7-13-9/h1-8,14H. The molecule has 0 bridgehead atoms. The van der Waals surface area contributed by atoms with Crippen molar-refractivity contribution in [3.05, 3.63) is 59.1 Å². The Bertz CT molecular complexity index is 682. The molecule has 0 aromatic carbocycles. The first-order valence-electron chi connectivity index (χ1n) is 4.96. The van der Waals surface area contributed by atoms with Gasteiger partial charge in [-0.3, -0.25) is 14.2 Å². The van der Waals surface area contributed by atoms with Gasteiger partial charge >= 0.3 is 0 Å². The Morgan fingerprint density at radius 3 is 2.81 bits per heavy atom. The molecule has 0 atom stereocenters. The molecule has 16 heavy (non-hydrogen) atoms. The van der Waals surface area contributed by atoms with E-state index in [4.69, 9.17) is 0 Å². The summed E-state index contributed by atoms with van der Waals surface area (Å²) in [6, 6.07) is 10.8. The number of nitrogens with one attached hydrogen (secondary N) is 1. The summed E-state index contributed by atoms with van der Waals surface area (Å²) in [5.41, 5.74) is 2.39. The van der Waals surface area contributed by atoms with Gasteiger partial charge in [-0.1, -0.05) is 12.1 Å². The smallest absolute Gasteiger partial charge is 0.256 e. The van der Waals surface area contributed by atoms with Crippen LogP contribution in [0.1, 0.15) is 0 Å². The second kappa shape index (κ2) is 3.34. The van der Waals surface area contributed by atoms with Crippen LogP contribution in [0, 0.1) is 0 Å². The van der Waals surface area contributed by atoms with Crippen LogP contribution in [0.4, 0.5) is 0 Å². The van der Waals surface area contributed by atoms with Crippen molar-refractivity contribution in [2.45, 2.75) is 0 Å². The summed E-state index contributed by atoms with van der Waals surface area (Å²) < 4.78 is 1.57. The monoisotopic (exact) mass is 211 g/mol. The molecule has 0 spiro atoms. The van der Waals surface area contributed by atoms with Crippen LogP contribution in [0.25, 0.3) is 17.0 Å². The largest absolute Gasteiger partial charge is 0.338 e. The van der Waals surface area contributed by atoms with E-state index in [-0.39, 0.29) is 5.56 Å². The maximum Gasteiger partial charge on any atom is 0.256 e. The first-order valence-corrected chi connectivity index (χ1v) is 4.96. The van der Waals surface area contributed by atoms with Gasteiger partial charge in [-0.25, -0.2) is 0 Å². The molecule has 4 heteroatoms.